The summed E-state index contributed by atoms with van der Waals surface area (Å²) in [6.45, 7) is 6.12. The van der Waals surface area contributed by atoms with Crippen LogP contribution in [0.25, 0.3) is 0 Å². The number of amides is 3. The van der Waals surface area contributed by atoms with Crippen molar-refractivity contribution in [2.75, 3.05) is 23.8 Å². The largest absolute Gasteiger partial charge is 0.441 e. The van der Waals surface area contributed by atoms with Crippen LogP contribution in [-0.4, -0.2) is 55.5 Å². The maximum Gasteiger partial charge on any atom is 0.412 e. The summed E-state index contributed by atoms with van der Waals surface area (Å²) in [5.41, 5.74) is 2.95. The van der Waals surface area contributed by atoms with Crippen molar-refractivity contribution in [3.05, 3.63) is 59.7 Å². The molecule has 9 heteroatoms. The van der Waals surface area contributed by atoms with E-state index in [-0.39, 0.29) is 31.1 Å². The highest BCUT2D eigenvalue weighted by atomic mass is 16.6. The van der Waals surface area contributed by atoms with Gasteiger partial charge in [0.15, 0.2) is 11.9 Å². The number of fused-ring (bicyclic) bond motifs is 1. The Kier molecular flexibility index (Phi) is 7.14. The number of benzene rings is 2. The second-order valence-corrected chi connectivity index (χ2v) is 8.78. The number of urea groups is 1. The Morgan fingerprint density at radius 3 is 2.15 bits per heavy atom. The topological polar surface area (TPSA) is 115 Å². The standard InChI is InChI=1S/C25H29N3O6/c1-14(2)16-4-8-18(9-5-16)26-24(30)28-20-12-32-23-21(13-33-22(20)23)34-25(31)27-19-10-6-17(7-11-19)15(3)29/h4-11,14,20-23H,12-13H2,1-3H3,(H,27,31)(H2,26,28,30). The molecular weight excluding hydrogens is 438 g/mol. The number of ketones is 1. The maximum atomic E-state index is 12.5. The van der Waals surface area contributed by atoms with Crippen LogP contribution in [0.1, 0.15) is 42.6 Å². The van der Waals surface area contributed by atoms with Gasteiger partial charge in [0.2, 0.25) is 0 Å². The van der Waals surface area contributed by atoms with Crippen LogP contribution >= 0.6 is 0 Å². The predicted octanol–water partition coefficient (Wildman–Crippen LogP) is 3.92. The number of Topliss-reactive ketones (excluding diaryl/α,β-unsaturated/α-hetero) is 1. The van der Waals surface area contributed by atoms with Gasteiger partial charge in [-0.15, -0.1) is 0 Å². The molecule has 2 aliphatic heterocycles. The zero-order valence-corrected chi connectivity index (χ0v) is 19.4. The van der Waals surface area contributed by atoms with E-state index in [0.29, 0.717) is 22.9 Å². The normalized spacial score (nSPS) is 23.3. The van der Waals surface area contributed by atoms with Gasteiger partial charge in [-0.05, 0) is 54.8 Å². The molecule has 0 spiro atoms. The lowest BCUT2D eigenvalue weighted by atomic mass is 10.0. The Balaban J connectivity index is 1.26. The number of nitrogens with one attached hydrogen (secondary N) is 3. The summed E-state index contributed by atoms with van der Waals surface area (Å²) >= 11 is 0. The monoisotopic (exact) mass is 467 g/mol. The Morgan fingerprint density at radius 2 is 1.50 bits per heavy atom. The lowest BCUT2D eigenvalue weighted by molar-refractivity contribution is 0.00873. The van der Waals surface area contributed by atoms with Crippen LogP contribution in [0, 0.1) is 0 Å². The van der Waals surface area contributed by atoms with Gasteiger partial charge in [0, 0.05) is 16.9 Å². The van der Waals surface area contributed by atoms with E-state index >= 15 is 0 Å². The van der Waals surface area contributed by atoms with Gasteiger partial charge < -0.3 is 24.8 Å². The molecule has 2 aliphatic rings. The van der Waals surface area contributed by atoms with Crippen molar-refractivity contribution in [2.24, 2.45) is 0 Å². The summed E-state index contributed by atoms with van der Waals surface area (Å²) in [6.07, 6.45) is -2.13. The average Bonchev–Trinajstić information content (AvgIpc) is 3.38. The fourth-order valence-electron chi connectivity index (χ4n) is 4.05. The van der Waals surface area contributed by atoms with E-state index in [2.05, 4.69) is 29.8 Å². The number of rotatable bonds is 6. The minimum absolute atomic E-state index is 0.0532. The van der Waals surface area contributed by atoms with Crippen molar-refractivity contribution in [3.63, 3.8) is 0 Å². The second kappa shape index (κ2) is 10.2. The smallest absolute Gasteiger partial charge is 0.412 e. The molecule has 0 saturated carbocycles. The molecule has 4 atom stereocenters. The quantitative estimate of drug-likeness (QED) is 0.555. The van der Waals surface area contributed by atoms with Crippen LogP contribution in [0.4, 0.5) is 21.0 Å². The summed E-state index contributed by atoms with van der Waals surface area (Å²) in [5, 5.41) is 8.33. The molecule has 4 unspecified atom stereocenters. The molecule has 3 N–H and O–H groups in total. The fourth-order valence-corrected chi connectivity index (χ4v) is 4.05. The van der Waals surface area contributed by atoms with Gasteiger partial charge >= 0.3 is 12.1 Å². The van der Waals surface area contributed by atoms with Gasteiger partial charge in [0.25, 0.3) is 0 Å². The summed E-state index contributed by atoms with van der Waals surface area (Å²) in [6, 6.07) is 13.5. The molecule has 2 fully saturated rings. The van der Waals surface area contributed by atoms with E-state index in [9.17, 15) is 14.4 Å². The van der Waals surface area contributed by atoms with E-state index in [0.717, 1.165) is 0 Å². The van der Waals surface area contributed by atoms with Crippen molar-refractivity contribution in [2.45, 2.75) is 51.0 Å². The van der Waals surface area contributed by atoms with Crippen LogP contribution < -0.4 is 16.0 Å². The van der Waals surface area contributed by atoms with Crippen molar-refractivity contribution in [3.8, 4) is 0 Å². The molecule has 2 aromatic carbocycles. The highest BCUT2D eigenvalue weighted by Gasteiger charge is 2.50. The molecule has 0 bridgehead atoms. The summed E-state index contributed by atoms with van der Waals surface area (Å²) in [7, 11) is 0. The Morgan fingerprint density at radius 1 is 0.882 bits per heavy atom. The molecule has 3 amide bonds. The Hall–Kier alpha value is -3.43. The number of anilines is 2. The molecular formula is C25H29N3O6. The SMILES string of the molecule is CC(=O)c1ccc(NC(=O)OC2COC3C(NC(=O)Nc4ccc(C(C)C)cc4)COC23)cc1. The van der Waals surface area contributed by atoms with Gasteiger partial charge in [-0.3, -0.25) is 10.1 Å². The first kappa shape index (κ1) is 23.7. The second-order valence-electron chi connectivity index (χ2n) is 8.78. The number of carbonyl (C=O) groups excluding carboxylic acids is 3. The van der Waals surface area contributed by atoms with Gasteiger partial charge in [0.1, 0.15) is 12.2 Å². The van der Waals surface area contributed by atoms with Crippen LogP contribution in [0.5, 0.6) is 0 Å². The van der Waals surface area contributed by atoms with Crippen LogP contribution in [0.15, 0.2) is 48.5 Å². The minimum atomic E-state index is -0.646. The van der Waals surface area contributed by atoms with Gasteiger partial charge in [-0.25, -0.2) is 9.59 Å². The number of hydrogen-bond acceptors (Lipinski definition) is 6. The fraction of sp³-hybridized carbons (Fsp3) is 0.400. The molecule has 0 aromatic heterocycles. The van der Waals surface area contributed by atoms with E-state index in [4.69, 9.17) is 14.2 Å². The molecule has 0 aliphatic carbocycles. The van der Waals surface area contributed by atoms with E-state index in [1.165, 1.54) is 12.5 Å². The summed E-state index contributed by atoms with van der Waals surface area (Å²) < 4.78 is 17.0. The highest BCUT2D eigenvalue weighted by Crippen LogP contribution is 2.29. The Bertz CT molecular complexity index is 1040. The summed E-state index contributed by atoms with van der Waals surface area (Å²) in [5.74, 6) is 0.363. The molecule has 9 nitrogen and oxygen atoms in total. The van der Waals surface area contributed by atoms with Crippen molar-refractivity contribution < 1.29 is 28.6 Å². The lowest BCUT2D eigenvalue weighted by Gasteiger charge is -2.18. The van der Waals surface area contributed by atoms with Crippen LogP contribution in [-0.2, 0) is 14.2 Å². The maximum absolute atomic E-state index is 12.5. The third-order valence-electron chi connectivity index (χ3n) is 5.96. The number of ether oxygens (including phenoxy) is 3. The van der Waals surface area contributed by atoms with Crippen LogP contribution in [0.3, 0.4) is 0 Å². The first-order valence-electron chi connectivity index (χ1n) is 11.3. The van der Waals surface area contributed by atoms with Gasteiger partial charge in [-0.1, -0.05) is 26.0 Å². The minimum Gasteiger partial charge on any atom is -0.441 e. The zero-order chi connectivity index (χ0) is 24.2. The molecule has 2 saturated heterocycles. The molecule has 0 radical (unpaired) electrons. The summed E-state index contributed by atoms with van der Waals surface area (Å²) in [4.78, 5) is 36.1. The van der Waals surface area contributed by atoms with Crippen molar-refractivity contribution in [1.82, 2.24) is 5.32 Å². The van der Waals surface area contributed by atoms with Crippen molar-refractivity contribution in [1.29, 1.82) is 0 Å². The first-order chi connectivity index (χ1) is 16.3. The number of carbonyl (C=O) groups is 3. The molecule has 34 heavy (non-hydrogen) atoms. The zero-order valence-electron chi connectivity index (χ0n) is 19.4. The average molecular weight is 468 g/mol. The Labute approximate surface area is 198 Å². The molecule has 2 aromatic rings. The number of hydrogen-bond donors (Lipinski definition) is 3. The molecule has 180 valence electrons. The van der Waals surface area contributed by atoms with E-state index < -0.39 is 24.4 Å². The van der Waals surface area contributed by atoms with Crippen molar-refractivity contribution >= 4 is 29.3 Å². The van der Waals surface area contributed by atoms with Crippen LogP contribution in [0.2, 0.25) is 0 Å². The first-order valence-corrected chi connectivity index (χ1v) is 11.3. The molecule has 4 rings (SSSR count). The van der Waals surface area contributed by atoms with E-state index in [1.54, 1.807) is 24.3 Å². The third-order valence-corrected chi connectivity index (χ3v) is 5.96. The highest BCUT2D eigenvalue weighted by molar-refractivity contribution is 5.95. The third kappa shape index (κ3) is 5.55. The van der Waals surface area contributed by atoms with Gasteiger partial charge in [0.05, 0.1) is 19.3 Å². The molecule has 2 heterocycles. The lowest BCUT2D eigenvalue weighted by Crippen LogP contribution is -2.46. The van der Waals surface area contributed by atoms with Gasteiger partial charge in [-0.2, -0.15) is 0 Å². The predicted molar refractivity (Wildman–Crippen MR) is 126 cm³/mol. The van der Waals surface area contributed by atoms with E-state index in [1.807, 2.05) is 24.3 Å².